The number of hydrogen-bond acceptors (Lipinski definition) is 3. The quantitative estimate of drug-likeness (QED) is 0.763. The van der Waals surface area contributed by atoms with Gasteiger partial charge in [0.1, 0.15) is 0 Å². The van der Waals surface area contributed by atoms with Gasteiger partial charge in [0.15, 0.2) is 5.75 Å². The average Bonchev–Trinajstić information content (AvgIpc) is 2.26. The highest BCUT2D eigenvalue weighted by Crippen LogP contribution is 2.35. The Hall–Kier alpha value is -1.82. The molecule has 0 aliphatic heterocycles. The first-order valence-corrected chi connectivity index (χ1v) is 4.35. The molecule has 1 heterocycles. The molecule has 2 N–H and O–H groups in total. The van der Waals surface area contributed by atoms with Crippen LogP contribution in [0.15, 0.2) is 30.5 Å². The molecule has 2 aromatic rings. The summed E-state index contributed by atoms with van der Waals surface area (Å²) in [5.74, 6) is 5.13. The molecule has 0 bridgehead atoms. The lowest BCUT2D eigenvalue weighted by Gasteiger charge is -2.10. The third-order valence-corrected chi connectivity index (χ3v) is 2.16. The monoisotopic (exact) mass is 228 g/mol. The van der Waals surface area contributed by atoms with E-state index in [9.17, 15) is 13.2 Å². The van der Waals surface area contributed by atoms with Crippen LogP contribution >= 0.6 is 0 Å². The molecule has 6 heteroatoms. The number of alkyl halides is 3. The van der Waals surface area contributed by atoms with Gasteiger partial charge in [-0.05, 0) is 12.1 Å². The maximum absolute atomic E-state index is 12.6. The van der Waals surface area contributed by atoms with Crippen molar-refractivity contribution >= 4 is 10.9 Å². The highest BCUT2D eigenvalue weighted by Gasteiger charge is 2.33. The molecule has 16 heavy (non-hydrogen) atoms. The van der Waals surface area contributed by atoms with E-state index in [1.165, 1.54) is 24.4 Å². The van der Waals surface area contributed by atoms with Gasteiger partial charge in [0.25, 0.3) is 0 Å². The highest BCUT2D eigenvalue weighted by molar-refractivity contribution is 5.87. The topological polar surface area (TPSA) is 48.1 Å². The molecule has 1 aromatic carbocycles. The van der Waals surface area contributed by atoms with Crippen LogP contribution in [-0.4, -0.2) is 4.98 Å². The summed E-state index contributed by atoms with van der Waals surface area (Å²) in [7, 11) is 0. The van der Waals surface area contributed by atoms with Crippen LogP contribution in [0.2, 0.25) is 0 Å². The number of hydrogen-bond donors (Lipinski definition) is 1. The van der Waals surface area contributed by atoms with E-state index in [0.29, 0.717) is 0 Å². The maximum Gasteiger partial charge on any atom is 0.418 e. The molecule has 0 fully saturated rings. The zero-order valence-electron chi connectivity index (χ0n) is 7.95. The third-order valence-electron chi connectivity index (χ3n) is 2.16. The minimum atomic E-state index is -4.44. The van der Waals surface area contributed by atoms with Crippen LogP contribution in [0.5, 0.6) is 5.75 Å². The molecular weight excluding hydrogens is 221 g/mol. The van der Waals surface area contributed by atoms with Crippen molar-refractivity contribution in [1.29, 1.82) is 0 Å². The zero-order chi connectivity index (χ0) is 11.8. The molecule has 0 unspecified atom stereocenters. The van der Waals surface area contributed by atoms with Gasteiger partial charge in [0.05, 0.1) is 11.1 Å². The van der Waals surface area contributed by atoms with Gasteiger partial charge < -0.3 is 4.84 Å². The molecule has 0 saturated heterocycles. The lowest BCUT2D eigenvalue weighted by Crippen LogP contribution is -2.08. The van der Waals surface area contributed by atoms with Crippen LogP contribution in [0.4, 0.5) is 13.2 Å². The minimum absolute atomic E-state index is 0.163. The van der Waals surface area contributed by atoms with E-state index < -0.39 is 11.7 Å². The van der Waals surface area contributed by atoms with E-state index in [1.54, 1.807) is 0 Å². The molecule has 0 saturated carbocycles. The largest absolute Gasteiger partial charge is 0.418 e. The lowest BCUT2D eigenvalue weighted by atomic mass is 10.1. The Labute approximate surface area is 88.6 Å². The Morgan fingerprint density at radius 3 is 2.56 bits per heavy atom. The molecule has 0 spiro atoms. The van der Waals surface area contributed by atoms with Crippen molar-refractivity contribution in [3.8, 4) is 5.75 Å². The number of para-hydroxylation sites is 1. The van der Waals surface area contributed by atoms with Crippen molar-refractivity contribution in [2.24, 2.45) is 5.90 Å². The first-order chi connectivity index (χ1) is 7.54. The predicted molar refractivity (Wildman–Crippen MR) is 51.6 cm³/mol. The fourth-order valence-corrected chi connectivity index (χ4v) is 1.48. The summed E-state index contributed by atoms with van der Waals surface area (Å²) in [6.45, 7) is 0. The van der Waals surface area contributed by atoms with Gasteiger partial charge in [-0.25, -0.2) is 0 Å². The summed E-state index contributed by atoms with van der Waals surface area (Å²) in [5, 5.41) is 0.236. The standard InChI is InChI=1S/C10H7F3N2O/c11-10(12,13)7-3-1-2-6-8(16-14)4-5-15-9(6)7/h1-5H,14H2. The number of benzene rings is 1. The summed E-state index contributed by atoms with van der Waals surface area (Å²) in [6, 6.07) is 5.13. The summed E-state index contributed by atoms with van der Waals surface area (Å²) in [5.41, 5.74) is -0.971. The number of nitrogens with zero attached hydrogens (tertiary/aromatic N) is 1. The first kappa shape index (κ1) is 10.7. The van der Waals surface area contributed by atoms with Crippen molar-refractivity contribution in [3.63, 3.8) is 0 Å². The molecule has 3 nitrogen and oxygen atoms in total. The normalized spacial score (nSPS) is 11.8. The predicted octanol–water partition coefficient (Wildman–Crippen LogP) is 2.51. The van der Waals surface area contributed by atoms with Crippen LogP contribution < -0.4 is 10.7 Å². The molecule has 0 atom stereocenters. The fourth-order valence-electron chi connectivity index (χ4n) is 1.48. The van der Waals surface area contributed by atoms with Gasteiger partial charge in [0.2, 0.25) is 0 Å². The van der Waals surface area contributed by atoms with E-state index in [2.05, 4.69) is 9.82 Å². The number of rotatable bonds is 1. The Morgan fingerprint density at radius 2 is 1.94 bits per heavy atom. The van der Waals surface area contributed by atoms with Gasteiger partial charge in [-0.2, -0.15) is 19.1 Å². The summed E-state index contributed by atoms with van der Waals surface area (Å²) >= 11 is 0. The number of aromatic nitrogens is 1. The molecule has 1 aromatic heterocycles. The second-order valence-electron chi connectivity index (χ2n) is 3.13. The average molecular weight is 228 g/mol. The van der Waals surface area contributed by atoms with Crippen molar-refractivity contribution in [1.82, 2.24) is 4.98 Å². The fraction of sp³-hybridized carbons (Fsp3) is 0.100. The second-order valence-corrected chi connectivity index (χ2v) is 3.13. The van der Waals surface area contributed by atoms with Crippen LogP contribution in [0, 0.1) is 0 Å². The number of pyridine rings is 1. The first-order valence-electron chi connectivity index (χ1n) is 4.35. The van der Waals surface area contributed by atoms with Gasteiger partial charge in [-0.1, -0.05) is 6.07 Å². The molecule has 2 rings (SSSR count). The van der Waals surface area contributed by atoms with Gasteiger partial charge in [0, 0.05) is 17.6 Å². The molecule has 84 valence electrons. The molecule has 0 aliphatic carbocycles. The third kappa shape index (κ3) is 1.67. The molecule has 0 amide bonds. The summed E-state index contributed by atoms with van der Waals surface area (Å²) in [4.78, 5) is 8.19. The van der Waals surface area contributed by atoms with Gasteiger partial charge in [-0.3, -0.25) is 4.98 Å². The molecular formula is C10H7F3N2O. The molecule has 0 aliphatic rings. The summed E-state index contributed by atoms with van der Waals surface area (Å²) in [6.07, 6.45) is -3.22. The minimum Gasteiger partial charge on any atom is -0.411 e. The van der Waals surface area contributed by atoms with Gasteiger partial charge in [-0.15, -0.1) is 0 Å². The maximum atomic E-state index is 12.6. The second kappa shape index (κ2) is 3.64. The van der Waals surface area contributed by atoms with Crippen molar-refractivity contribution in [2.75, 3.05) is 0 Å². The van der Waals surface area contributed by atoms with Crippen LogP contribution in [-0.2, 0) is 6.18 Å². The van der Waals surface area contributed by atoms with E-state index >= 15 is 0 Å². The van der Waals surface area contributed by atoms with Crippen molar-refractivity contribution < 1.29 is 18.0 Å². The van der Waals surface area contributed by atoms with E-state index in [0.717, 1.165) is 6.07 Å². The van der Waals surface area contributed by atoms with E-state index in [1.807, 2.05) is 0 Å². The van der Waals surface area contributed by atoms with Crippen LogP contribution in [0.1, 0.15) is 5.56 Å². The Balaban J connectivity index is 2.79. The van der Waals surface area contributed by atoms with Gasteiger partial charge >= 0.3 is 6.18 Å². The number of halogens is 3. The number of fused-ring (bicyclic) bond motifs is 1. The van der Waals surface area contributed by atoms with Crippen molar-refractivity contribution in [2.45, 2.75) is 6.18 Å². The Morgan fingerprint density at radius 1 is 1.19 bits per heavy atom. The van der Waals surface area contributed by atoms with Crippen molar-refractivity contribution in [3.05, 3.63) is 36.0 Å². The van der Waals surface area contributed by atoms with Crippen LogP contribution in [0.3, 0.4) is 0 Å². The zero-order valence-corrected chi connectivity index (χ0v) is 7.95. The highest BCUT2D eigenvalue weighted by atomic mass is 19.4. The Kier molecular flexibility index (Phi) is 2.43. The Bertz CT molecular complexity index is 525. The van der Waals surface area contributed by atoms with Crippen LogP contribution in [0.25, 0.3) is 10.9 Å². The SMILES string of the molecule is NOc1ccnc2c(C(F)(F)F)cccc12. The number of nitrogens with two attached hydrogens (primary N) is 1. The van der Waals surface area contributed by atoms with E-state index in [-0.39, 0.29) is 16.7 Å². The van der Waals surface area contributed by atoms with E-state index in [4.69, 9.17) is 5.90 Å². The summed E-state index contributed by atoms with van der Waals surface area (Å²) < 4.78 is 37.9. The smallest absolute Gasteiger partial charge is 0.411 e. The lowest BCUT2D eigenvalue weighted by molar-refractivity contribution is -0.136. The molecule has 0 radical (unpaired) electrons.